The number of phenolic OH excluding ortho intramolecular Hbond substituents is 1. The van der Waals surface area contributed by atoms with Crippen LogP contribution in [0.2, 0.25) is 0 Å². The summed E-state index contributed by atoms with van der Waals surface area (Å²) in [5.41, 5.74) is 3.47. The van der Waals surface area contributed by atoms with Crippen molar-refractivity contribution in [3.05, 3.63) is 59.8 Å². The zero-order valence-electron chi connectivity index (χ0n) is 14.0. The third-order valence-corrected chi connectivity index (χ3v) is 4.30. The number of hydrogen-bond acceptors (Lipinski definition) is 2. The number of carbonyl (C=O) groups excluding carboxylic acids is 1. The van der Waals surface area contributed by atoms with E-state index in [9.17, 15) is 9.90 Å². The van der Waals surface area contributed by atoms with E-state index in [1.54, 1.807) is 24.3 Å². The average molecular weight is 322 g/mol. The molecule has 3 rings (SSSR count). The number of nitrogens with one attached hydrogen (secondary N) is 1. The topological polar surface area (TPSA) is 54.3 Å². The molecule has 0 fully saturated rings. The summed E-state index contributed by atoms with van der Waals surface area (Å²) in [7, 11) is 0. The van der Waals surface area contributed by atoms with Gasteiger partial charge < -0.3 is 15.0 Å². The summed E-state index contributed by atoms with van der Waals surface area (Å²) >= 11 is 0. The number of nitrogens with zero attached hydrogens (tertiary/aromatic N) is 1. The second-order valence-electron chi connectivity index (χ2n) is 6.00. The number of aromatic nitrogens is 1. The number of benzene rings is 2. The van der Waals surface area contributed by atoms with Crippen LogP contribution < -0.4 is 5.32 Å². The van der Waals surface area contributed by atoms with Gasteiger partial charge in [-0.2, -0.15) is 0 Å². The van der Waals surface area contributed by atoms with Crippen molar-refractivity contribution in [3.8, 4) is 5.75 Å². The second kappa shape index (κ2) is 6.79. The van der Waals surface area contributed by atoms with Crippen LogP contribution in [0.25, 0.3) is 10.9 Å². The first-order chi connectivity index (χ1) is 11.6. The Hall–Kier alpha value is -2.75. The molecule has 0 atom stereocenters. The van der Waals surface area contributed by atoms with Gasteiger partial charge in [-0.15, -0.1) is 0 Å². The Morgan fingerprint density at radius 3 is 2.54 bits per heavy atom. The zero-order chi connectivity index (χ0) is 17.1. The number of para-hydroxylation sites is 1. The molecule has 2 N–H and O–H groups in total. The van der Waals surface area contributed by atoms with Gasteiger partial charge in [0.05, 0.1) is 0 Å². The molecule has 0 saturated heterocycles. The fourth-order valence-corrected chi connectivity index (χ4v) is 3.05. The van der Waals surface area contributed by atoms with Crippen molar-refractivity contribution in [2.75, 3.05) is 5.32 Å². The van der Waals surface area contributed by atoms with Gasteiger partial charge in [-0.1, -0.05) is 31.5 Å². The van der Waals surface area contributed by atoms with Gasteiger partial charge in [-0.25, -0.2) is 0 Å². The molecule has 0 radical (unpaired) electrons. The van der Waals surface area contributed by atoms with E-state index < -0.39 is 0 Å². The van der Waals surface area contributed by atoms with Crippen LogP contribution in [0.1, 0.15) is 35.8 Å². The van der Waals surface area contributed by atoms with Crippen LogP contribution in [-0.2, 0) is 6.54 Å². The lowest BCUT2D eigenvalue weighted by Crippen LogP contribution is -2.18. The van der Waals surface area contributed by atoms with Crippen LogP contribution in [-0.4, -0.2) is 15.6 Å². The highest BCUT2D eigenvalue weighted by molar-refractivity contribution is 6.08. The SMILES string of the molecule is CCCCn1c(C(=O)Nc2ccc(O)cc2)c(C)c2ccccc21. The molecular weight excluding hydrogens is 300 g/mol. The molecule has 1 amide bonds. The summed E-state index contributed by atoms with van der Waals surface area (Å²) in [6.07, 6.45) is 2.10. The molecule has 1 aromatic heterocycles. The average Bonchev–Trinajstić information content (AvgIpc) is 2.88. The zero-order valence-corrected chi connectivity index (χ0v) is 14.0. The van der Waals surface area contributed by atoms with E-state index in [0.717, 1.165) is 35.9 Å². The number of unbranched alkanes of at least 4 members (excludes halogenated alkanes) is 1. The summed E-state index contributed by atoms with van der Waals surface area (Å²) in [6, 6.07) is 14.7. The van der Waals surface area contributed by atoms with E-state index in [0.29, 0.717) is 11.4 Å². The number of phenols is 1. The Morgan fingerprint density at radius 2 is 1.83 bits per heavy atom. The monoisotopic (exact) mass is 322 g/mol. The van der Waals surface area contributed by atoms with Crippen molar-refractivity contribution in [3.63, 3.8) is 0 Å². The fraction of sp³-hybridized carbons (Fsp3) is 0.250. The summed E-state index contributed by atoms with van der Waals surface area (Å²) in [5.74, 6) is 0.0618. The summed E-state index contributed by atoms with van der Waals surface area (Å²) in [4.78, 5) is 12.9. The van der Waals surface area contributed by atoms with Crippen molar-refractivity contribution in [1.29, 1.82) is 0 Å². The molecule has 0 bridgehead atoms. The lowest BCUT2D eigenvalue weighted by Gasteiger charge is -2.11. The van der Waals surface area contributed by atoms with E-state index in [-0.39, 0.29) is 11.7 Å². The van der Waals surface area contributed by atoms with Crippen LogP contribution in [0.4, 0.5) is 5.69 Å². The van der Waals surface area contributed by atoms with Gasteiger partial charge in [0, 0.05) is 23.1 Å². The number of aryl methyl sites for hydroxylation is 2. The lowest BCUT2D eigenvalue weighted by molar-refractivity contribution is 0.101. The van der Waals surface area contributed by atoms with E-state index >= 15 is 0 Å². The highest BCUT2D eigenvalue weighted by atomic mass is 16.3. The maximum Gasteiger partial charge on any atom is 0.272 e. The van der Waals surface area contributed by atoms with Gasteiger partial charge in [0.1, 0.15) is 11.4 Å². The summed E-state index contributed by atoms with van der Waals surface area (Å²) < 4.78 is 2.11. The normalized spacial score (nSPS) is 10.9. The molecule has 1 heterocycles. The standard InChI is InChI=1S/C20H22N2O2/c1-3-4-13-22-18-8-6-5-7-17(18)14(2)19(22)20(24)21-15-9-11-16(23)12-10-15/h5-12,23H,3-4,13H2,1-2H3,(H,21,24). The van der Waals surface area contributed by atoms with Gasteiger partial charge in [0.25, 0.3) is 5.91 Å². The predicted octanol–water partition coefficient (Wildman–Crippen LogP) is 4.71. The first kappa shape index (κ1) is 16.1. The number of rotatable bonds is 5. The first-order valence-electron chi connectivity index (χ1n) is 8.30. The number of aromatic hydroxyl groups is 1. The molecule has 0 saturated carbocycles. The van der Waals surface area contributed by atoms with Gasteiger partial charge in [-0.05, 0) is 49.2 Å². The Labute approximate surface area is 141 Å². The molecule has 0 aliphatic heterocycles. The van der Waals surface area contributed by atoms with Crippen molar-refractivity contribution in [2.24, 2.45) is 0 Å². The van der Waals surface area contributed by atoms with E-state index in [4.69, 9.17) is 0 Å². The molecule has 0 spiro atoms. The molecule has 0 unspecified atom stereocenters. The molecule has 2 aromatic carbocycles. The fourth-order valence-electron chi connectivity index (χ4n) is 3.05. The molecule has 0 aliphatic carbocycles. The number of hydrogen-bond donors (Lipinski definition) is 2. The Kier molecular flexibility index (Phi) is 4.56. The Balaban J connectivity index is 2.01. The van der Waals surface area contributed by atoms with Crippen molar-refractivity contribution < 1.29 is 9.90 Å². The molecule has 3 aromatic rings. The molecule has 124 valence electrons. The minimum absolute atomic E-state index is 0.120. The first-order valence-corrected chi connectivity index (χ1v) is 8.30. The molecule has 24 heavy (non-hydrogen) atoms. The van der Waals surface area contributed by atoms with Crippen LogP contribution in [0.15, 0.2) is 48.5 Å². The summed E-state index contributed by atoms with van der Waals surface area (Å²) in [6.45, 7) is 4.97. The largest absolute Gasteiger partial charge is 0.508 e. The highest BCUT2D eigenvalue weighted by Crippen LogP contribution is 2.27. The maximum absolute atomic E-state index is 12.9. The van der Waals surface area contributed by atoms with E-state index in [1.807, 2.05) is 19.1 Å². The van der Waals surface area contributed by atoms with Crippen LogP contribution >= 0.6 is 0 Å². The molecule has 0 aliphatic rings. The number of carbonyl (C=O) groups is 1. The molecular formula is C20H22N2O2. The van der Waals surface area contributed by atoms with Gasteiger partial charge in [-0.3, -0.25) is 4.79 Å². The Bertz CT molecular complexity index is 863. The quantitative estimate of drug-likeness (QED) is 0.669. The van der Waals surface area contributed by atoms with Gasteiger partial charge in [0.2, 0.25) is 0 Å². The van der Waals surface area contributed by atoms with Crippen molar-refractivity contribution in [1.82, 2.24) is 4.57 Å². The third kappa shape index (κ3) is 3.00. The number of anilines is 1. The van der Waals surface area contributed by atoms with E-state index in [1.165, 1.54) is 0 Å². The highest BCUT2D eigenvalue weighted by Gasteiger charge is 2.19. The third-order valence-electron chi connectivity index (χ3n) is 4.30. The number of fused-ring (bicyclic) bond motifs is 1. The lowest BCUT2D eigenvalue weighted by atomic mass is 10.1. The van der Waals surface area contributed by atoms with Crippen LogP contribution in [0, 0.1) is 6.92 Å². The maximum atomic E-state index is 12.9. The number of amides is 1. The molecule has 4 nitrogen and oxygen atoms in total. The smallest absolute Gasteiger partial charge is 0.272 e. The van der Waals surface area contributed by atoms with Crippen molar-refractivity contribution in [2.45, 2.75) is 33.2 Å². The Morgan fingerprint density at radius 1 is 1.12 bits per heavy atom. The van der Waals surface area contributed by atoms with Crippen LogP contribution in [0.5, 0.6) is 5.75 Å². The van der Waals surface area contributed by atoms with Crippen molar-refractivity contribution >= 4 is 22.5 Å². The van der Waals surface area contributed by atoms with Crippen LogP contribution in [0.3, 0.4) is 0 Å². The van der Waals surface area contributed by atoms with Gasteiger partial charge in [0.15, 0.2) is 0 Å². The summed E-state index contributed by atoms with van der Waals surface area (Å²) in [5, 5.41) is 13.4. The van der Waals surface area contributed by atoms with E-state index in [2.05, 4.69) is 28.9 Å². The minimum Gasteiger partial charge on any atom is -0.508 e. The second-order valence-corrected chi connectivity index (χ2v) is 6.00. The van der Waals surface area contributed by atoms with Gasteiger partial charge >= 0.3 is 0 Å². The minimum atomic E-state index is -0.120. The predicted molar refractivity (Wildman–Crippen MR) is 97.6 cm³/mol. The molecule has 4 heteroatoms.